The predicted octanol–water partition coefficient (Wildman–Crippen LogP) is 1.94. The van der Waals surface area contributed by atoms with Crippen LogP contribution in [0.1, 0.15) is 12.8 Å². The first kappa shape index (κ1) is 15.3. The Morgan fingerprint density at radius 2 is 2.11 bits per heavy atom. The van der Waals surface area contributed by atoms with E-state index in [2.05, 4.69) is 20.7 Å². The Hall–Kier alpha value is -0.790. The van der Waals surface area contributed by atoms with Crippen LogP contribution in [0.4, 0.5) is 5.69 Å². The molecule has 3 N–H and O–H groups in total. The van der Waals surface area contributed by atoms with E-state index in [0.717, 1.165) is 0 Å². The maximum Gasteiger partial charge on any atom is 0.232 e. The molecular formula is C11H17BrN2O3S. The molecule has 0 radical (unpaired) electrons. The van der Waals surface area contributed by atoms with Gasteiger partial charge in [0.1, 0.15) is 5.75 Å². The van der Waals surface area contributed by atoms with Gasteiger partial charge in [-0.15, -0.1) is 0 Å². The lowest BCUT2D eigenvalue weighted by atomic mass is 10.3. The molecule has 0 unspecified atom stereocenters. The minimum absolute atomic E-state index is 0.0772. The smallest absolute Gasteiger partial charge is 0.232 e. The molecule has 0 heterocycles. The number of nitrogens with one attached hydrogen (secondary N) is 1. The van der Waals surface area contributed by atoms with Crippen molar-refractivity contribution in [3.05, 3.63) is 22.7 Å². The second-order valence-corrected chi connectivity index (χ2v) is 6.46. The van der Waals surface area contributed by atoms with E-state index in [1.807, 2.05) is 0 Å². The summed E-state index contributed by atoms with van der Waals surface area (Å²) >= 11 is 3.30. The summed E-state index contributed by atoms with van der Waals surface area (Å²) in [7, 11) is -1.76. The third kappa shape index (κ3) is 4.83. The van der Waals surface area contributed by atoms with Gasteiger partial charge in [-0.2, -0.15) is 0 Å². The molecular weight excluding hydrogens is 320 g/mol. The molecule has 0 amide bonds. The molecule has 1 rings (SSSR count). The van der Waals surface area contributed by atoms with E-state index in [0.29, 0.717) is 35.3 Å². The Morgan fingerprint density at radius 1 is 1.39 bits per heavy atom. The normalized spacial score (nSPS) is 11.3. The number of nitrogens with two attached hydrogens (primary N) is 1. The summed E-state index contributed by atoms with van der Waals surface area (Å²) < 4.78 is 31.8. The summed E-state index contributed by atoms with van der Waals surface area (Å²) in [5, 5.41) is 0. The highest BCUT2D eigenvalue weighted by Crippen LogP contribution is 2.28. The summed E-state index contributed by atoms with van der Waals surface area (Å²) in [6.45, 7) is 0.504. The lowest BCUT2D eigenvalue weighted by Gasteiger charge is -2.09. The average molecular weight is 337 g/mol. The van der Waals surface area contributed by atoms with Crippen molar-refractivity contribution < 1.29 is 13.2 Å². The number of anilines is 1. The fourth-order valence-corrected chi connectivity index (χ4v) is 3.11. The molecule has 1 aromatic rings. The first-order chi connectivity index (χ1) is 8.48. The molecule has 5 nitrogen and oxygen atoms in total. The highest BCUT2D eigenvalue weighted by Gasteiger charge is 2.11. The number of hydrogen-bond donors (Lipinski definition) is 2. The number of rotatable bonds is 7. The van der Waals surface area contributed by atoms with Crippen LogP contribution in [0.25, 0.3) is 0 Å². The van der Waals surface area contributed by atoms with Gasteiger partial charge in [-0.05, 0) is 53.5 Å². The van der Waals surface area contributed by atoms with E-state index < -0.39 is 10.0 Å². The number of benzene rings is 1. The van der Waals surface area contributed by atoms with E-state index in [-0.39, 0.29) is 5.75 Å². The number of halogens is 1. The van der Waals surface area contributed by atoms with Gasteiger partial charge in [0, 0.05) is 5.69 Å². The van der Waals surface area contributed by atoms with Gasteiger partial charge in [0.2, 0.25) is 10.0 Å². The minimum atomic E-state index is -3.31. The first-order valence-electron chi connectivity index (χ1n) is 5.52. The third-order valence-corrected chi connectivity index (χ3v) is 4.28. The molecule has 0 aromatic heterocycles. The molecule has 0 fully saturated rings. The average Bonchev–Trinajstić information content (AvgIpc) is 2.29. The molecule has 1 aromatic carbocycles. The molecule has 18 heavy (non-hydrogen) atoms. The maximum atomic E-state index is 11.7. The Labute approximate surface area is 116 Å². The fraction of sp³-hybridized carbons (Fsp3) is 0.455. The second-order valence-electron chi connectivity index (χ2n) is 3.77. The zero-order chi connectivity index (χ0) is 13.6. The quantitative estimate of drug-likeness (QED) is 0.745. The van der Waals surface area contributed by atoms with E-state index in [1.165, 1.54) is 0 Å². The highest BCUT2D eigenvalue weighted by atomic mass is 79.9. The summed E-state index contributed by atoms with van der Waals surface area (Å²) in [5.41, 5.74) is 5.84. The lowest BCUT2D eigenvalue weighted by molar-refractivity contribution is 0.412. The van der Waals surface area contributed by atoms with Gasteiger partial charge in [0.05, 0.1) is 17.3 Å². The van der Waals surface area contributed by atoms with Crippen LogP contribution < -0.4 is 15.2 Å². The van der Waals surface area contributed by atoms with Crippen molar-refractivity contribution in [3.63, 3.8) is 0 Å². The van der Waals surface area contributed by atoms with Crippen LogP contribution in [0.5, 0.6) is 5.75 Å². The van der Waals surface area contributed by atoms with Crippen molar-refractivity contribution in [2.45, 2.75) is 12.8 Å². The summed E-state index contributed by atoms with van der Waals surface area (Å²) in [4.78, 5) is 0. The topological polar surface area (TPSA) is 81.4 Å². The molecule has 0 saturated heterocycles. The summed E-state index contributed by atoms with van der Waals surface area (Å²) in [5.74, 6) is 0.731. The van der Waals surface area contributed by atoms with Crippen molar-refractivity contribution in [2.24, 2.45) is 5.73 Å². The molecule has 0 saturated carbocycles. The van der Waals surface area contributed by atoms with Crippen LogP contribution in [0, 0.1) is 0 Å². The van der Waals surface area contributed by atoms with E-state index in [4.69, 9.17) is 10.5 Å². The van der Waals surface area contributed by atoms with E-state index in [1.54, 1.807) is 25.3 Å². The standard InChI is InChI=1S/C11H17BrN2O3S/c1-17-11-5-4-9(8-10(11)12)14-18(15,16)7-3-2-6-13/h4-5,8,14H,2-3,6-7,13H2,1H3. The van der Waals surface area contributed by atoms with Gasteiger partial charge in [-0.1, -0.05) is 0 Å². The third-order valence-electron chi connectivity index (χ3n) is 2.29. The highest BCUT2D eigenvalue weighted by molar-refractivity contribution is 9.10. The Balaban J connectivity index is 2.69. The van der Waals surface area contributed by atoms with Gasteiger partial charge in [-0.3, -0.25) is 4.72 Å². The summed E-state index contributed by atoms with van der Waals surface area (Å²) in [6, 6.07) is 5.02. The van der Waals surface area contributed by atoms with Crippen LogP contribution in [0.15, 0.2) is 22.7 Å². The molecule has 0 aliphatic heterocycles. The molecule has 0 aliphatic rings. The summed E-state index contributed by atoms with van der Waals surface area (Å²) in [6.07, 6.45) is 1.26. The zero-order valence-electron chi connectivity index (χ0n) is 10.1. The monoisotopic (exact) mass is 336 g/mol. The van der Waals surface area contributed by atoms with Gasteiger partial charge >= 0.3 is 0 Å². The Morgan fingerprint density at radius 3 is 2.67 bits per heavy atom. The van der Waals surface area contributed by atoms with Crippen molar-refractivity contribution in [2.75, 3.05) is 24.1 Å². The second kappa shape index (κ2) is 6.96. The molecule has 102 valence electrons. The SMILES string of the molecule is COc1ccc(NS(=O)(=O)CCCCN)cc1Br. The fourth-order valence-electron chi connectivity index (χ4n) is 1.40. The van der Waals surface area contributed by atoms with Crippen LogP contribution in [0.3, 0.4) is 0 Å². The lowest BCUT2D eigenvalue weighted by Crippen LogP contribution is -2.17. The van der Waals surface area contributed by atoms with E-state index in [9.17, 15) is 8.42 Å². The Bertz CT molecular complexity index is 491. The largest absolute Gasteiger partial charge is 0.496 e. The number of hydrogen-bond acceptors (Lipinski definition) is 4. The first-order valence-corrected chi connectivity index (χ1v) is 7.97. The molecule has 0 atom stereocenters. The van der Waals surface area contributed by atoms with Crippen molar-refractivity contribution in [1.82, 2.24) is 0 Å². The molecule has 0 bridgehead atoms. The van der Waals surface area contributed by atoms with Crippen LogP contribution >= 0.6 is 15.9 Å². The number of ether oxygens (including phenoxy) is 1. The van der Waals surface area contributed by atoms with Crippen molar-refractivity contribution >= 4 is 31.6 Å². The minimum Gasteiger partial charge on any atom is -0.496 e. The van der Waals surface area contributed by atoms with Crippen LogP contribution in [-0.4, -0.2) is 27.8 Å². The Kier molecular flexibility index (Phi) is 5.90. The van der Waals surface area contributed by atoms with Crippen molar-refractivity contribution in [1.29, 1.82) is 0 Å². The van der Waals surface area contributed by atoms with E-state index >= 15 is 0 Å². The number of methoxy groups -OCH3 is 1. The van der Waals surface area contributed by atoms with Gasteiger partial charge < -0.3 is 10.5 Å². The number of unbranched alkanes of at least 4 members (excludes halogenated alkanes) is 1. The zero-order valence-corrected chi connectivity index (χ0v) is 12.6. The van der Waals surface area contributed by atoms with Crippen molar-refractivity contribution in [3.8, 4) is 5.75 Å². The molecule has 7 heteroatoms. The predicted molar refractivity (Wildman–Crippen MR) is 76.4 cm³/mol. The van der Waals surface area contributed by atoms with Crippen LogP contribution in [0.2, 0.25) is 0 Å². The maximum absolute atomic E-state index is 11.7. The van der Waals surface area contributed by atoms with Gasteiger partial charge in [-0.25, -0.2) is 8.42 Å². The van der Waals surface area contributed by atoms with Gasteiger partial charge in [0.15, 0.2) is 0 Å². The van der Waals surface area contributed by atoms with Crippen LogP contribution in [-0.2, 0) is 10.0 Å². The number of sulfonamides is 1. The molecule has 0 spiro atoms. The van der Waals surface area contributed by atoms with Gasteiger partial charge in [0.25, 0.3) is 0 Å². The molecule has 0 aliphatic carbocycles.